The quantitative estimate of drug-likeness (QED) is 0.407. The Morgan fingerprint density at radius 1 is 1.19 bits per heavy atom. The molecule has 0 radical (unpaired) electrons. The largest absolute Gasteiger partial charge is 0.468 e. The van der Waals surface area contributed by atoms with E-state index < -0.39 is 0 Å². The highest BCUT2D eigenvalue weighted by Crippen LogP contribution is 2.24. The number of guanidine groups is 1. The molecule has 1 atom stereocenters. The molecule has 31 heavy (non-hydrogen) atoms. The molecule has 2 N–H and O–H groups in total. The Kier molecular flexibility index (Phi) is 7.22. The van der Waals surface area contributed by atoms with Gasteiger partial charge in [-0.05, 0) is 62.3 Å². The lowest BCUT2D eigenvalue weighted by Crippen LogP contribution is -2.43. The Balaban J connectivity index is 1.27. The number of nitrogens with zero attached hydrogens (tertiary/aromatic N) is 4. The van der Waals surface area contributed by atoms with Crippen LogP contribution in [0.15, 0.2) is 56.6 Å². The number of benzene rings is 1. The van der Waals surface area contributed by atoms with E-state index in [0.29, 0.717) is 36.2 Å². The van der Waals surface area contributed by atoms with Crippen LogP contribution >= 0.6 is 11.6 Å². The number of furan rings is 1. The van der Waals surface area contributed by atoms with Crippen LogP contribution in [0.4, 0.5) is 0 Å². The number of hydrogen-bond acceptors (Lipinski definition) is 6. The number of likely N-dealkylation sites (tertiary alicyclic amines) is 1. The predicted octanol–water partition coefficient (Wildman–Crippen LogP) is 3.53. The summed E-state index contributed by atoms with van der Waals surface area (Å²) in [5, 5.41) is 11.4. The van der Waals surface area contributed by atoms with E-state index in [1.165, 1.54) is 12.8 Å². The van der Waals surface area contributed by atoms with E-state index in [1.807, 2.05) is 36.4 Å². The topological polar surface area (TPSA) is 91.7 Å². The number of aliphatic imine (C=N–C) groups is 1. The van der Waals surface area contributed by atoms with Gasteiger partial charge in [0.2, 0.25) is 11.7 Å². The normalized spacial score (nSPS) is 15.9. The van der Waals surface area contributed by atoms with Gasteiger partial charge in [0.1, 0.15) is 5.76 Å². The van der Waals surface area contributed by atoms with Crippen LogP contribution in [-0.2, 0) is 6.42 Å². The van der Waals surface area contributed by atoms with Crippen molar-refractivity contribution in [2.45, 2.75) is 25.3 Å². The summed E-state index contributed by atoms with van der Waals surface area (Å²) in [6.07, 6.45) is 4.78. The molecule has 1 saturated heterocycles. The fourth-order valence-electron chi connectivity index (χ4n) is 3.72. The van der Waals surface area contributed by atoms with Crippen LogP contribution in [0.2, 0.25) is 5.02 Å². The van der Waals surface area contributed by atoms with Gasteiger partial charge in [-0.1, -0.05) is 16.8 Å². The molecule has 0 spiro atoms. The van der Waals surface area contributed by atoms with Crippen molar-refractivity contribution in [3.8, 4) is 11.4 Å². The number of rotatable bonds is 8. The Labute approximate surface area is 186 Å². The van der Waals surface area contributed by atoms with Gasteiger partial charge in [0.05, 0.1) is 12.3 Å². The molecular formula is C22H27ClN6O2. The molecule has 1 fully saturated rings. The van der Waals surface area contributed by atoms with Gasteiger partial charge in [-0.3, -0.25) is 9.89 Å². The molecule has 0 saturated carbocycles. The first-order valence-corrected chi connectivity index (χ1v) is 10.9. The van der Waals surface area contributed by atoms with E-state index in [4.69, 9.17) is 20.5 Å². The molecule has 4 rings (SSSR count). The first kappa shape index (κ1) is 21.4. The molecule has 0 amide bonds. The van der Waals surface area contributed by atoms with E-state index in [1.54, 1.807) is 13.3 Å². The van der Waals surface area contributed by atoms with Crippen molar-refractivity contribution in [1.29, 1.82) is 0 Å². The van der Waals surface area contributed by atoms with Gasteiger partial charge in [-0.2, -0.15) is 4.98 Å². The molecule has 3 heterocycles. The van der Waals surface area contributed by atoms with Crippen LogP contribution in [0.25, 0.3) is 11.4 Å². The molecule has 0 bridgehead atoms. The molecule has 164 valence electrons. The van der Waals surface area contributed by atoms with Crippen molar-refractivity contribution in [2.75, 3.05) is 33.2 Å². The molecule has 1 aliphatic heterocycles. The lowest BCUT2D eigenvalue weighted by molar-refractivity contribution is 0.215. The van der Waals surface area contributed by atoms with Crippen molar-refractivity contribution in [1.82, 2.24) is 25.7 Å². The highest BCUT2D eigenvalue weighted by atomic mass is 35.5. The Bertz CT molecular complexity index is 964. The Morgan fingerprint density at radius 3 is 2.71 bits per heavy atom. The molecule has 1 unspecified atom stereocenters. The SMILES string of the molecule is CN=C(NCCc1nc(-c2ccc(Cl)cc2)no1)NCC(c1ccco1)N1CCCC1. The minimum atomic E-state index is 0.189. The lowest BCUT2D eigenvalue weighted by atomic mass is 10.2. The average molecular weight is 443 g/mol. The number of hydrogen-bond donors (Lipinski definition) is 2. The van der Waals surface area contributed by atoms with Crippen LogP contribution in [0.3, 0.4) is 0 Å². The number of halogens is 1. The van der Waals surface area contributed by atoms with Crippen molar-refractivity contribution in [3.63, 3.8) is 0 Å². The molecule has 1 aromatic carbocycles. The minimum Gasteiger partial charge on any atom is -0.468 e. The molecule has 1 aliphatic rings. The summed E-state index contributed by atoms with van der Waals surface area (Å²) in [7, 11) is 1.76. The van der Waals surface area contributed by atoms with E-state index >= 15 is 0 Å². The first-order chi connectivity index (χ1) is 15.2. The van der Waals surface area contributed by atoms with Gasteiger partial charge in [0.15, 0.2) is 5.96 Å². The van der Waals surface area contributed by atoms with E-state index in [0.717, 1.165) is 30.4 Å². The zero-order chi connectivity index (χ0) is 21.5. The minimum absolute atomic E-state index is 0.189. The molecular weight excluding hydrogens is 416 g/mol. The van der Waals surface area contributed by atoms with Gasteiger partial charge in [0.25, 0.3) is 0 Å². The van der Waals surface area contributed by atoms with E-state index in [9.17, 15) is 0 Å². The second-order valence-corrected chi connectivity index (χ2v) is 7.86. The maximum Gasteiger partial charge on any atom is 0.228 e. The van der Waals surface area contributed by atoms with Crippen LogP contribution in [0, 0.1) is 0 Å². The summed E-state index contributed by atoms with van der Waals surface area (Å²) in [6, 6.07) is 11.5. The summed E-state index contributed by atoms with van der Waals surface area (Å²) in [6.45, 7) is 3.52. The maximum absolute atomic E-state index is 5.93. The van der Waals surface area contributed by atoms with Crippen LogP contribution in [-0.4, -0.2) is 54.2 Å². The van der Waals surface area contributed by atoms with Gasteiger partial charge < -0.3 is 19.6 Å². The second kappa shape index (κ2) is 10.5. The Morgan fingerprint density at radius 2 is 2.00 bits per heavy atom. The predicted molar refractivity (Wildman–Crippen MR) is 120 cm³/mol. The molecule has 2 aromatic heterocycles. The highest BCUT2D eigenvalue weighted by Gasteiger charge is 2.25. The summed E-state index contributed by atoms with van der Waals surface area (Å²) in [5.74, 6) is 2.83. The second-order valence-electron chi connectivity index (χ2n) is 7.42. The third kappa shape index (κ3) is 5.65. The van der Waals surface area contributed by atoms with Gasteiger partial charge in [-0.25, -0.2) is 0 Å². The number of aromatic nitrogens is 2. The van der Waals surface area contributed by atoms with Crippen LogP contribution in [0.5, 0.6) is 0 Å². The monoisotopic (exact) mass is 442 g/mol. The van der Waals surface area contributed by atoms with Crippen molar-refractivity contribution in [2.24, 2.45) is 4.99 Å². The molecule has 8 nitrogen and oxygen atoms in total. The smallest absolute Gasteiger partial charge is 0.228 e. The Hall–Kier alpha value is -2.84. The van der Waals surface area contributed by atoms with Gasteiger partial charge in [0, 0.05) is 37.1 Å². The van der Waals surface area contributed by atoms with Crippen LogP contribution in [0.1, 0.15) is 30.5 Å². The zero-order valence-electron chi connectivity index (χ0n) is 17.6. The van der Waals surface area contributed by atoms with Crippen molar-refractivity contribution >= 4 is 17.6 Å². The van der Waals surface area contributed by atoms with E-state index in [-0.39, 0.29) is 6.04 Å². The van der Waals surface area contributed by atoms with E-state index in [2.05, 4.69) is 30.7 Å². The molecule has 3 aromatic rings. The molecule has 0 aliphatic carbocycles. The third-order valence-corrected chi connectivity index (χ3v) is 5.59. The summed E-state index contributed by atoms with van der Waals surface area (Å²) < 4.78 is 11.0. The molecule has 9 heteroatoms. The standard InChI is InChI=1S/C22H27ClN6O2/c1-24-22(26-15-18(19-5-4-14-30-19)29-12-2-3-13-29)25-11-10-20-27-21(28-31-20)16-6-8-17(23)9-7-16/h4-9,14,18H,2-3,10-13,15H2,1H3,(H2,24,25,26). The summed E-state index contributed by atoms with van der Waals surface area (Å²) >= 11 is 5.93. The summed E-state index contributed by atoms with van der Waals surface area (Å²) in [4.78, 5) is 11.2. The third-order valence-electron chi connectivity index (χ3n) is 5.34. The fraction of sp³-hybridized carbons (Fsp3) is 0.409. The van der Waals surface area contributed by atoms with Gasteiger partial charge >= 0.3 is 0 Å². The summed E-state index contributed by atoms with van der Waals surface area (Å²) in [5.41, 5.74) is 0.871. The van der Waals surface area contributed by atoms with Crippen molar-refractivity contribution < 1.29 is 8.94 Å². The number of nitrogens with one attached hydrogen (secondary N) is 2. The fourth-order valence-corrected chi connectivity index (χ4v) is 3.84. The lowest BCUT2D eigenvalue weighted by Gasteiger charge is -2.26. The average Bonchev–Trinajstić information content (AvgIpc) is 3.56. The zero-order valence-corrected chi connectivity index (χ0v) is 18.3. The van der Waals surface area contributed by atoms with Gasteiger partial charge in [-0.15, -0.1) is 0 Å². The maximum atomic E-state index is 5.93. The highest BCUT2D eigenvalue weighted by molar-refractivity contribution is 6.30. The van der Waals surface area contributed by atoms with Crippen LogP contribution < -0.4 is 10.6 Å². The first-order valence-electron chi connectivity index (χ1n) is 10.5. The van der Waals surface area contributed by atoms with Crippen molar-refractivity contribution in [3.05, 3.63) is 59.3 Å².